The number of carbonyl (C=O) groups is 1. The van der Waals surface area contributed by atoms with Crippen LogP contribution in [-0.2, 0) is 0 Å². The summed E-state index contributed by atoms with van der Waals surface area (Å²) in [6.07, 6.45) is 1.53. The van der Waals surface area contributed by atoms with Crippen LogP contribution >= 0.6 is 22.6 Å². The maximum absolute atomic E-state index is 12.3. The molecule has 6 nitrogen and oxygen atoms in total. The molecular weight excluding hydrogens is 383 g/mol. The van der Waals surface area contributed by atoms with E-state index in [-0.39, 0.29) is 11.9 Å². The molecule has 1 aromatic carbocycles. The lowest BCUT2D eigenvalue weighted by atomic mass is 10.2. The van der Waals surface area contributed by atoms with Gasteiger partial charge >= 0.3 is 6.01 Å². The predicted octanol–water partition coefficient (Wildman–Crippen LogP) is 2.41. The summed E-state index contributed by atoms with van der Waals surface area (Å²) in [5.74, 6) is 0.381. The van der Waals surface area contributed by atoms with E-state index in [2.05, 4.69) is 37.9 Å². The molecule has 2 aromatic rings. The molecule has 0 saturated carbocycles. The Bertz CT molecular complexity index is 661. The standard InChI is InChI=1S/C14H15IN4O2/c1-19(2)12-11(8-16-14(18-12)21-3)17-13(20)9-5-4-6-10(15)7-9/h4-8H,1-3H3,(H,17,20). The monoisotopic (exact) mass is 398 g/mol. The van der Waals surface area contributed by atoms with Crippen molar-refractivity contribution in [3.8, 4) is 6.01 Å². The van der Waals surface area contributed by atoms with Crippen LogP contribution in [0.1, 0.15) is 10.4 Å². The Hall–Kier alpha value is -1.90. The first-order chi connectivity index (χ1) is 10.0. The summed E-state index contributed by atoms with van der Waals surface area (Å²) >= 11 is 2.17. The number of hydrogen-bond donors (Lipinski definition) is 1. The molecule has 0 aliphatic carbocycles. The summed E-state index contributed by atoms with van der Waals surface area (Å²) < 4.78 is 6.00. The number of aromatic nitrogens is 2. The maximum atomic E-state index is 12.3. The lowest BCUT2D eigenvalue weighted by Crippen LogP contribution is -2.18. The lowest BCUT2D eigenvalue weighted by Gasteiger charge is -2.16. The van der Waals surface area contributed by atoms with Crippen LogP contribution in [0.2, 0.25) is 0 Å². The van der Waals surface area contributed by atoms with Crippen molar-refractivity contribution in [1.82, 2.24) is 9.97 Å². The van der Waals surface area contributed by atoms with Crippen LogP contribution in [0, 0.1) is 3.57 Å². The molecule has 0 bridgehead atoms. The zero-order valence-corrected chi connectivity index (χ0v) is 14.1. The summed E-state index contributed by atoms with van der Waals surface area (Å²) in [6, 6.07) is 7.60. The van der Waals surface area contributed by atoms with Gasteiger partial charge in [-0.3, -0.25) is 4.79 Å². The van der Waals surface area contributed by atoms with E-state index in [4.69, 9.17) is 4.74 Å². The minimum absolute atomic E-state index is 0.203. The quantitative estimate of drug-likeness (QED) is 0.802. The second kappa shape index (κ2) is 6.70. The zero-order chi connectivity index (χ0) is 15.4. The summed E-state index contributed by atoms with van der Waals surface area (Å²) in [5.41, 5.74) is 1.12. The summed E-state index contributed by atoms with van der Waals surface area (Å²) in [4.78, 5) is 22.3. The van der Waals surface area contributed by atoms with Crippen molar-refractivity contribution in [2.24, 2.45) is 0 Å². The van der Waals surface area contributed by atoms with Gasteiger partial charge in [0.05, 0.1) is 13.3 Å². The molecule has 0 saturated heterocycles. The molecule has 0 aliphatic heterocycles. The zero-order valence-electron chi connectivity index (χ0n) is 11.9. The van der Waals surface area contributed by atoms with Gasteiger partial charge in [-0.05, 0) is 40.8 Å². The third-order valence-electron chi connectivity index (χ3n) is 2.69. The highest BCUT2D eigenvalue weighted by molar-refractivity contribution is 14.1. The molecule has 1 aromatic heterocycles. The van der Waals surface area contributed by atoms with Crippen LogP contribution in [0.5, 0.6) is 6.01 Å². The minimum atomic E-state index is -0.203. The van der Waals surface area contributed by atoms with E-state index in [1.54, 1.807) is 11.0 Å². The summed E-state index contributed by atoms with van der Waals surface area (Å²) in [5, 5.41) is 2.82. The van der Waals surface area contributed by atoms with Gasteiger partial charge in [0.1, 0.15) is 5.69 Å². The van der Waals surface area contributed by atoms with Crippen molar-refractivity contribution < 1.29 is 9.53 Å². The Balaban J connectivity index is 2.28. The average Bonchev–Trinajstić information content (AvgIpc) is 2.47. The van der Waals surface area contributed by atoms with E-state index >= 15 is 0 Å². The van der Waals surface area contributed by atoms with Gasteiger partial charge in [0.2, 0.25) is 0 Å². The van der Waals surface area contributed by atoms with E-state index in [1.165, 1.54) is 13.3 Å². The van der Waals surface area contributed by atoms with Gasteiger partial charge in [0, 0.05) is 23.2 Å². The Morgan fingerprint density at radius 2 is 2.14 bits per heavy atom. The molecule has 0 radical (unpaired) electrons. The lowest BCUT2D eigenvalue weighted by molar-refractivity contribution is 0.102. The Morgan fingerprint density at radius 3 is 2.76 bits per heavy atom. The molecule has 0 spiro atoms. The van der Waals surface area contributed by atoms with Crippen molar-refractivity contribution in [2.45, 2.75) is 0 Å². The van der Waals surface area contributed by atoms with Crippen LogP contribution in [-0.4, -0.2) is 37.1 Å². The summed E-state index contributed by atoms with van der Waals surface area (Å²) in [6.45, 7) is 0. The molecule has 1 N–H and O–H groups in total. The highest BCUT2D eigenvalue weighted by Crippen LogP contribution is 2.23. The SMILES string of the molecule is COc1ncc(NC(=O)c2cccc(I)c2)c(N(C)C)n1. The second-order valence-electron chi connectivity index (χ2n) is 4.45. The number of methoxy groups -OCH3 is 1. The molecule has 7 heteroatoms. The maximum Gasteiger partial charge on any atom is 0.318 e. The predicted molar refractivity (Wildman–Crippen MR) is 90.0 cm³/mol. The first-order valence-corrected chi connectivity index (χ1v) is 7.24. The van der Waals surface area contributed by atoms with Gasteiger partial charge in [0.25, 0.3) is 5.91 Å². The third kappa shape index (κ3) is 3.81. The van der Waals surface area contributed by atoms with Crippen molar-refractivity contribution in [3.05, 3.63) is 39.6 Å². The molecule has 110 valence electrons. The number of hydrogen-bond acceptors (Lipinski definition) is 5. The molecule has 0 atom stereocenters. The van der Waals surface area contributed by atoms with Crippen molar-refractivity contribution in [2.75, 3.05) is 31.4 Å². The van der Waals surface area contributed by atoms with Gasteiger partial charge in [-0.1, -0.05) is 6.07 Å². The number of benzene rings is 1. The van der Waals surface area contributed by atoms with Gasteiger partial charge in [0.15, 0.2) is 5.82 Å². The van der Waals surface area contributed by atoms with E-state index in [0.717, 1.165) is 3.57 Å². The third-order valence-corrected chi connectivity index (χ3v) is 3.36. The second-order valence-corrected chi connectivity index (χ2v) is 5.70. The fourth-order valence-electron chi connectivity index (χ4n) is 1.71. The smallest absolute Gasteiger partial charge is 0.318 e. The number of anilines is 2. The topological polar surface area (TPSA) is 67.3 Å². The molecule has 0 unspecified atom stereocenters. The van der Waals surface area contributed by atoms with Gasteiger partial charge in [-0.25, -0.2) is 4.98 Å². The number of nitrogens with one attached hydrogen (secondary N) is 1. The van der Waals surface area contributed by atoms with E-state index in [0.29, 0.717) is 17.1 Å². The first kappa shape index (κ1) is 15.5. The number of halogens is 1. The van der Waals surface area contributed by atoms with Crippen molar-refractivity contribution >= 4 is 40.0 Å². The Kier molecular flexibility index (Phi) is 4.94. The van der Waals surface area contributed by atoms with Crippen LogP contribution < -0.4 is 15.0 Å². The molecule has 1 heterocycles. The van der Waals surface area contributed by atoms with Crippen molar-refractivity contribution in [1.29, 1.82) is 0 Å². The fourth-order valence-corrected chi connectivity index (χ4v) is 2.25. The first-order valence-electron chi connectivity index (χ1n) is 6.16. The van der Waals surface area contributed by atoms with Crippen LogP contribution in [0.15, 0.2) is 30.5 Å². The molecule has 2 rings (SSSR count). The van der Waals surface area contributed by atoms with Gasteiger partial charge < -0.3 is 15.0 Å². The van der Waals surface area contributed by atoms with Crippen LogP contribution in [0.25, 0.3) is 0 Å². The number of nitrogens with zero attached hydrogens (tertiary/aromatic N) is 3. The largest absolute Gasteiger partial charge is 0.467 e. The normalized spacial score (nSPS) is 10.1. The summed E-state index contributed by atoms with van der Waals surface area (Å²) in [7, 11) is 5.17. The number of carbonyl (C=O) groups excluding carboxylic acids is 1. The number of rotatable bonds is 4. The van der Waals surface area contributed by atoms with Crippen LogP contribution in [0.4, 0.5) is 11.5 Å². The Morgan fingerprint density at radius 1 is 1.38 bits per heavy atom. The van der Waals surface area contributed by atoms with E-state index in [9.17, 15) is 4.79 Å². The molecule has 0 aliphatic rings. The highest BCUT2D eigenvalue weighted by atomic mass is 127. The number of ether oxygens (including phenoxy) is 1. The minimum Gasteiger partial charge on any atom is -0.467 e. The van der Waals surface area contributed by atoms with Crippen molar-refractivity contribution in [3.63, 3.8) is 0 Å². The van der Waals surface area contributed by atoms with Gasteiger partial charge in [-0.15, -0.1) is 0 Å². The van der Waals surface area contributed by atoms with E-state index in [1.807, 2.05) is 32.3 Å². The van der Waals surface area contributed by atoms with Gasteiger partial charge in [-0.2, -0.15) is 4.98 Å². The average molecular weight is 398 g/mol. The van der Waals surface area contributed by atoms with Crippen LogP contribution in [0.3, 0.4) is 0 Å². The van der Waals surface area contributed by atoms with E-state index < -0.39 is 0 Å². The Labute approximate surface area is 136 Å². The highest BCUT2D eigenvalue weighted by Gasteiger charge is 2.13. The molecule has 1 amide bonds. The molecule has 21 heavy (non-hydrogen) atoms. The number of amides is 1. The molecular formula is C14H15IN4O2. The fraction of sp³-hybridized carbons (Fsp3) is 0.214. The molecule has 0 fully saturated rings.